The first-order valence-corrected chi connectivity index (χ1v) is 11.8. The van der Waals surface area contributed by atoms with Crippen LogP contribution in [-0.2, 0) is 9.53 Å². The lowest BCUT2D eigenvalue weighted by molar-refractivity contribution is -0.143. The molecule has 0 aliphatic heterocycles. The summed E-state index contributed by atoms with van der Waals surface area (Å²) in [7, 11) is 1.39. The summed E-state index contributed by atoms with van der Waals surface area (Å²) in [5, 5.41) is 6.84. The molecule has 5 nitrogen and oxygen atoms in total. The molecule has 3 aromatic rings. The molecule has 0 bridgehead atoms. The summed E-state index contributed by atoms with van der Waals surface area (Å²) in [6.07, 6.45) is 5.71. The first-order chi connectivity index (χ1) is 15.0. The minimum atomic E-state index is -0.748. The number of rotatable bonds is 5. The molecule has 1 aromatic heterocycles. The normalized spacial score (nSPS) is 16.3. The van der Waals surface area contributed by atoms with Crippen LogP contribution in [0.2, 0.25) is 10.0 Å². The molecule has 8 heteroatoms. The fourth-order valence-corrected chi connectivity index (χ4v) is 5.01. The average molecular weight is 476 g/mol. The summed E-state index contributed by atoms with van der Waals surface area (Å²) in [6.45, 7) is 0. The number of esters is 1. The molecule has 1 aliphatic carbocycles. The second-order valence-electron chi connectivity index (χ2n) is 7.54. The lowest BCUT2D eigenvalue weighted by Gasteiger charge is -2.18. The summed E-state index contributed by atoms with van der Waals surface area (Å²) in [4.78, 5) is 18.6. The molecule has 31 heavy (non-hydrogen) atoms. The van der Waals surface area contributed by atoms with Gasteiger partial charge < -0.3 is 4.74 Å². The van der Waals surface area contributed by atoms with E-state index in [4.69, 9.17) is 38.0 Å². The number of ether oxygens (including phenoxy) is 1. The van der Waals surface area contributed by atoms with Gasteiger partial charge in [0.05, 0.1) is 13.2 Å². The number of hydrogen-bond donors (Lipinski definition) is 0. The van der Waals surface area contributed by atoms with Gasteiger partial charge in [-0.1, -0.05) is 78.1 Å². The molecule has 1 unspecified atom stereocenters. The SMILES string of the molecule is COC(=O)C(c1ccc(Cl)cc1)n1nc(-c2ccc(Cl)cc2)s/c1=N\C1CCCCC1. The van der Waals surface area contributed by atoms with Gasteiger partial charge in [-0.25, -0.2) is 9.48 Å². The molecule has 1 heterocycles. The van der Waals surface area contributed by atoms with Gasteiger partial charge in [-0.2, -0.15) is 5.10 Å². The molecule has 0 amide bonds. The Labute approximate surface area is 195 Å². The number of hydrogen-bond acceptors (Lipinski definition) is 5. The van der Waals surface area contributed by atoms with Crippen LogP contribution in [0.5, 0.6) is 0 Å². The Morgan fingerprint density at radius 3 is 2.29 bits per heavy atom. The number of carbonyl (C=O) groups excluding carboxylic acids is 1. The zero-order valence-electron chi connectivity index (χ0n) is 17.1. The second-order valence-corrected chi connectivity index (χ2v) is 9.37. The van der Waals surface area contributed by atoms with Crippen molar-refractivity contribution in [1.29, 1.82) is 0 Å². The highest BCUT2D eigenvalue weighted by atomic mass is 35.5. The minimum absolute atomic E-state index is 0.238. The molecule has 0 N–H and O–H groups in total. The van der Waals surface area contributed by atoms with E-state index in [1.54, 1.807) is 16.8 Å². The van der Waals surface area contributed by atoms with Crippen LogP contribution in [0.25, 0.3) is 10.6 Å². The van der Waals surface area contributed by atoms with Crippen LogP contribution >= 0.6 is 34.5 Å². The van der Waals surface area contributed by atoms with Gasteiger partial charge in [0.2, 0.25) is 4.80 Å². The molecule has 4 rings (SSSR count). The molecule has 0 spiro atoms. The highest BCUT2D eigenvalue weighted by Gasteiger charge is 2.27. The van der Waals surface area contributed by atoms with E-state index in [1.165, 1.54) is 37.7 Å². The van der Waals surface area contributed by atoms with Crippen molar-refractivity contribution in [3.05, 3.63) is 68.9 Å². The number of carbonyl (C=O) groups is 1. The predicted octanol–water partition coefficient (Wildman–Crippen LogP) is 5.91. The molecule has 2 aromatic carbocycles. The van der Waals surface area contributed by atoms with Crippen molar-refractivity contribution in [2.45, 2.75) is 44.2 Å². The molecule has 162 valence electrons. The Balaban J connectivity index is 1.86. The first kappa shape index (κ1) is 22.1. The third-order valence-corrected chi connectivity index (χ3v) is 6.89. The number of halogens is 2. The van der Waals surface area contributed by atoms with E-state index in [0.717, 1.165) is 29.0 Å². The van der Waals surface area contributed by atoms with Gasteiger partial charge in [0.1, 0.15) is 5.01 Å². The maximum atomic E-state index is 12.9. The fourth-order valence-electron chi connectivity index (χ4n) is 3.76. The maximum absolute atomic E-state index is 12.9. The molecule has 1 saturated carbocycles. The van der Waals surface area contributed by atoms with Crippen molar-refractivity contribution < 1.29 is 9.53 Å². The van der Waals surface area contributed by atoms with Crippen molar-refractivity contribution in [2.24, 2.45) is 4.99 Å². The summed E-state index contributed by atoms with van der Waals surface area (Å²) in [5.41, 5.74) is 1.67. The Morgan fingerprint density at radius 2 is 1.68 bits per heavy atom. The van der Waals surface area contributed by atoms with Crippen molar-refractivity contribution in [3.63, 3.8) is 0 Å². The molecular formula is C23H23Cl2N3O2S. The van der Waals surface area contributed by atoms with E-state index in [-0.39, 0.29) is 6.04 Å². The Bertz CT molecular complexity index is 1100. The maximum Gasteiger partial charge on any atom is 0.335 e. The Hall–Kier alpha value is -2.15. The van der Waals surface area contributed by atoms with Crippen LogP contribution in [0.3, 0.4) is 0 Å². The van der Waals surface area contributed by atoms with Gasteiger partial charge in [0.25, 0.3) is 0 Å². The van der Waals surface area contributed by atoms with Crippen molar-refractivity contribution in [3.8, 4) is 10.6 Å². The first-order valence-electron chi connectivity index (χ1n) is 10.3. The van der Waals surface area contributed by atoms with Crippen LogP contribution in [-0.4, -0.2) is 28.9 Å². The summed E-state index contributed by atoms with van der Waals surface area (Å²) in [6, 6.07) is 14.2. The van der Waals surface area contributed by atoms with Crippen molar-refractivity contribution in [2.75, 3.05) is 7.11 Å². The lowest BCUT2D eigenvalue weighted by Crippen LogP contribution is -2.31. The monoisotopic (exact) mass is 475 g/mol. The van der Waals surface area contributed by atoms with Gasteiger partial charge in [0, 0.05) is 15.6 Å². The number of methoxy groups -OCH3 is 1. The van der Waals surface area contributed by atoms with Gasteiger partial charge in [-0.3, -0.25) is 4.99 Å². The molecule has 1 fully saturated rings. The third kappa shape index (κ3) is 5.20. The highest BCUT2D eigenvalue weighted by Crippen LogP contribution is 2.27. The van der Waals surface area contributed by atoms with E-state index in [2.05, 4.69) is 0 Å². The molecule has 0 saturated heterocycles. The van der Waals surface area contributed by atoms with E-state index in [1.807, 2.05) is 36.4 Å². The number of aromatic nitrogens is 2. The second kappa shape index (κ2) is 9.98. The molecule has 1 aliphatic rings. The van der Waals surface area contributed by atoms with E-state index < -0.39 is 12.0 Å². The Kier molecular flexibility index (Phi) is 7.10. The van der Waals surface area contributed by atoms with Gasteiger partial charge in [-0.15, -0.1) is 0 Å². The summed E-state index contributed by atoms with van der Waals surface area (Å²) >= 11 is 13.6. The predicted molar refractivity (Wildman–Crippen MR) is 125 cm³/mol. The zero-order valence-corrected chi connectivity index (χ0v) is 19.5. The van der Waals surface area contributed by atoms with E-state index >= 15 is 0 Å². The number of nitrogens with zero attached hydrogens (tertiary/aromatic N) is 3. The quantitative estimate of drug-likeness (QED) is 0.430. The number of benzene rings is 2. The summed E-state index contributed by atoms with van der Waals surface area (Å²) < 4.78 is 6.83. The summed E-state index contributed by atoms with van der Waals surface area (Å²) in [5.74, 6) is -0.402. The lowest BCUT2D eigenvalue weighted by atomic mass is 9.96. The molecule has 1 atom stereocenters. The van der Waals surface area contributed by atoms with Crippen LogP contribution in [0.4, 0.5) is 0 Å². The van der Waals surface area contributed by atoms with E-state index in [0.29, 0.717) is 14.8 Å². The zero-order chi connectivity index (χ0) is 21.8. The van der Waals surface area contributed by atoms with Crippen LogP contribution in [0.1, 0.15) is 43.7 Å². The average Bonchev–Trinajstić information content (AvgIpc) is 3.19. The minimum Gasteiger partial charge on any atom is -0.467 e. The molecule has 0 radical (unpaired) electrons. The van der Waals surface area contributed by atoms with Gasteiger partial charge in [-0.05, 0) is 42.7 Å². The van der Waals surface area contributed by atoms with Crippen LogP contribution in [0.15, 0.2) is 53.5 Å². The van der Waals surface area contributed by atoms with Crippen molar-refractivity contribution in [1.82, 2.24) is 9.78 Å². The van der Waals surface area contributed by atoms with Crippen LogP contribution in [0, 0.1) is 0 Å². The van der Waals surface area contributed by atoms with Crippen molar-refractivity contribution >= 4 is 40.5 Å². The largest absolute Gasteiger partial charge is 0.467 e. The van der Waals surface area contributed by atoms with Gasteiger partial charge >= 0.3 is 5.97 Å². The standard InChI is InChI=1S/C23H23Cl2N3O2S/c1-30-22(29)20(15-7-11-17(24)12-8-15)28-23(26-19-5-3-2-4-6-19)31-21(27-28)16-9-13-18(25)14-10-16/h7-14,19-20H,2-6H2,1H3/b26-23-. The Morgan fingerprint density at radius 1 is 1.06 bits per heavy atom. The third-order valence-electron chi connectivity index (χ3n) is 5.40. The van der Waals surface area contributed by atoms with E-state index in [9.17, 15) is 4.79 Å². The van der Waals surface area contributed by atoms with Gasteiger partial charge in [0.15, 0.2) is 6.04 Å². The van der Waals surface area contributed by atoms with Crippen LogP contribution < -0.4 is 4.80 Å². The smallest absolute Gasteiger partial charge is 0.335 e. The molecular weight excluding hydrogens is 453 g/mol. The highest BCUT2D eigenvalue weighted by molar-refractivity contribution is 7.12. The topological polar surface area (TPSA) is 56.5 Å². The fraction of sp³-hybridized carbons (Fsp3) is 0.348.